The number of esters is 1. The Balaban J connectivity index is 1.66. The number of aromatic nitrogens is 2. The van der Waals surface area contributed by atoms with Gasteiger partial charge in [-0.05, 0) is 19.9 Å². The van der Waals surface area contributed by atoms with Crippen LogP contribution in [-0.2, 0) is 11.3 Å². The number of para-hydroxylation sites is 1. The molecule has 0 saturated heterocycles. The Hall–Kier alpha value is -3.45. The Morgan fingerprint density at radius 2 is 1.93 bits per heavy atom. The lowest BCUT2D eigenvalue weighted by Crippen LogP contribution is -2.00. The molecular weight excluding hydrogens is 396 g/mol. The molecule has 4 aromatic rings. The number of methoxy groups -OCH3 is 1. The van der Waals surface area contributed by atoms with E-state index >= 15 is 0 Å². The van der Waals surface area contributed by atoms with Crippen LogP contribution < -0.4 is 5.43 Å². The van der Waals surface area contributed by atoms with Crippen molar-refractivity contribution in [3.8, 4) is 11.3 Å². The molecule has 0 spiro atoms. The highest BCUT2D eigenvalue weighted by Crippen LogP contribution is 2.32. The third-order valence-corrected chi connectivity index (χ3v) is 5.93. The van der Waals surface area contributed by atoms with Crippen molar-refractivity contribution in [3.63, 3.8) is 0 Å². The zero-order chi connectivity index (χ0) is 21.1. The van der Waals surface area contributed by atoms with E-state index in [1.165, 1.54) is 24.0 Å². The molecule has 152 valence electrons. The quantitative estimate of drug-likeness (QED) is 0.261. The van der Waals surface area contributed by atoms with Crippen molar-refractivity contribution in [2.45, 2.75) is 20.4 Å². The van der Waals surface area contributed by atoms with Gasteiger partial charge < -0.3 is 9.30 Å². The number of carbonyl (C=O) groups excluding carboxylic acids is 1. The molecule has 0 radical (unpaired) electrons. The molecule has 0 bridgehead atoms. The summed E-state index contributed by atoms with van der Waals surface area (Å²) in [5.74, 6) is -0.412. The molecule has 30 heavy (non-hydrogen) atoms. The van der Waals surface area contributed by atoms with Crippen LogP contribution in [0.1, 0.15) is 27.9 Å². The normalized spacial score (nSPS) is 11.3. The number of nitrogens with zero attached hydrogens (tertiary/aromatic N) is 3. The van der Waals surface area contributed by atoms with Crippen LogP contribution in [0.15, 0.2) is 59.7 Å². The van der Waals surface area contributed by atoms with Crippen molar-refractivity contribution in [1.29, 1.82) is 0 Å². The second kappa shape index (κ2) is 8.51. The Morgan fingerprint density at radius 3 is 2.67 bits per heavy atom. The number of hydrazone groups is 1. The van der Waals surface area contributed by atoms with Gasteiger partial charge in [0.15, 0.2) is 0 Å². The van der Waals surface area contributed by atoms with Gasteiger partial charge in [0.25, 0.3) is 0 Å². The van der Waals surface area contributed by atoms with Crippen molar-refractivity contribution < 1.29 is 9.53 Å². The fraction of sp³-hybridized carbons (Fsp3) is 0.174. The molecular formula is C23H22N4O2S. The van der Waals surface area contributed by atoms with Crippen LogP contribution in [0.25, 0.3) is 22.2 Å². The van der Waals surface area contributed by atoms with Gasteiger partial charge in [-0.15, -0.1) is 0 Å². The number of rotatable bonds is 6. The summed E-state index contributed by atoms with van der Waals surface area (Å²) in [6.07, 6.45) is 1.81. The van der Waals surface area contributed by atoms with Gasteiger partial charge >= 0.3 is 5.97 Å². The van der Waals surface area contributed by atoms with Gasteiger partial charge in [0.2, 0.25) is 5.13 Å². The average molecular weight is 419 g/mol. The van der Waals surface area contributed by atoms with E-state index in [2.05, 4.69) is 46.1 Å². The first-order valence-electron chi connectivity index (χ1n) is 9.65. The Bertz CT molecular complexity index is 1220. The van der Waals surface area contributed by atoms with Crippen molar-refractivity contribution >= 4 is 39.6 Å². The van der Waals surface area contributed by atoms with Crippen LogP contribution in [0.5, 0.6) is 0 Å². The second-order valence-corrected chi connectivity index (χ2v) is 7.68. The summed E-state index contributed by atoms with van der Waals surface area (Å²) >= 11 is 1.22. The maximum Gasteiger partial charge on any atom is 0.350 e. The molecule has 0 atom stereocenters. The zero-order valence-electron chi connectivity index (χ0n) is 17.0. The number of anilines is 1. The molecule has 0 aliphatic rings. The second-order valence-electron chi connectivity index (χ2n) is 6.68. The van der Waals surface area contributed by atoms with Gasteiger partial charge in [-0.2, -0.15) is 5.10 Å². The van der Waals surface area contributed by atoms with Gasteiger partial charge in [0.1, 0.15) is 4.88 Å². The van der Waals surface area contributed by atoms with Crippen molar-refractivity contribution in [1.82, 2.24) is 9.55 Å². The van der Waals surface area contributed by atoms with E-state index in [0.717, 1.165) is 28.8 Å². The summed E-state index contributed by atoms with van der Waals surface area (Å²) in [7, 11) is 1.37. The minimum Gasteiger partial charge on any atom is -0.465 e. The lowest BCUT2D eigenvalue weighted by molar-refractivity contribution is 0.0607. The number of hydrogen-bond acceptors (Lipinski definition) is 6. The summed E-state index contributed by atoms with van der Waals surface area (Å²) < 4.78 is 7.19. The molecule has 4 rings (SSSR count). The first kappa shape index (κ1) is 19.8. The molecule has 2 heterocycles. The smallest absolute Gasteiger partial charge is 0.350 e. The van der Waals surface area contributed by atoms with E-state index in [-0.39, 0.29) is 0 Å². The van der Waals surface area contributed by atoms with E-state index in [1.807, 2.05) is 48.7 Å². The first-order chi connectivity index (χ1) is 14.6. The molecule has 0 aliphatic carbocycles. The van der Waals surface area contributed by atoms with Gasteiger partial charge in [-0.25, -0.2) is 9.78 Å². The van der Waals surface area contributed by atoms with Gasteiger partial charge in [0, 0.05) is 34.3 Å². The topological polar surface area (TPSA) is 68.5 Å². The van der Waals surface area contributed by atoms with Crippen LogP contribution in [0.3, 0.4) is 0 Å². The predicted octanol–water partition coefficient (Wildman–Crippen LogP) is 5.33. The number of benzene rings is 2. The minimum atomic E-state index is -0.412. The zero-order valence-corrected chi connectivity index (χ0v) is 17.9. The summed E-state index contributed by atoms with van der Waals surface area (Å²) in [5, 5.41) is 6.10. The van der Waals surface area contributed by atoms with Crippen molar-refractivity contribution in [2.24, 2.45) is 5.10 Å². The van der Waals surface area contributed by atoms with Crippen molar-refractivity contribution in [2.75, 3.05) is 12.5 Å². The number of aryl methyl sites for hydroxylation is 1. The molecule has 7 heteroatoms. The van der Waals surface area contributed by atoms with Crippen LogP contribution in [0.4, 0.5) is 5.13 Å². The summed E-state index contributed by atoms with van der Waals surface area (Å²) in [5.41, 5.74) is 7.83. The first-order valence-corrected chi connectivity index (χ1v) is 10.5. The van der Waals surface area contributed by atoms with E-state index in [4.69, 9.17) is 4.74 Å². The maximum atomic E-state index is 12.2. The van der Waals surface area contributed by atoms with Crippen molar-refractivity contribution in [3.05, 3.63) is 70.7 Å². The minimum absolute atomic E-state index is 0.412. The largest absolute Gasteiger partial charge is 0.465 e. The van der Waals surface area contributed by atoms with E-state index in [0.29, 0.717) is 15.7 Å². The lowest BCUT2D eigenvalue weighted by atomic mass is 10.1. The van der Waals surface area contributed by atoms with Crippen LogP contribution in [0.2, 0.25) is 0 Å². The highest BCUT2D eigenvalue weighted by molar-refractivity contribution is 7.17. The fourth-order valence-corrected chi connectivity index (χ4v) is 4.43. The SMILES string of the molecule is CCn1c(C)c(/C=N\Nc2nc(-c3ccccc3)c(C(=O)OC)s2)c2ccccc21. The molecule has 0 fully saturated rings. The highest BCUT2D eigenvalue weighted by atomic mass is 32.1. The lowest BCUT2D eigenvalue weighted by Gasteiger charge is -2.03. The molecule has 0 amide bonds. The fourth-order valence-electron chi connectivity index (χ4n) is 3.57. The number of nitrogens with one attached hydrogen (secondary N) is 1. The molecule has 0 unspecified atom stereocenters. The van der Waals surface area contributed by atoms with Gasteiger partial charge in [0.05, 0.1) is 19.0 Å². The Labute approximate surface area is 178 Å². The van der Waals surface area contributed by atoms with E-state index < -0.39 is 5.97 Å². The molecule has 2 aromatic carbocycles. The number of carbonyl (C=O) groups is 1. The number of fused-ring (bicyclic) bond motifs is 1. The Morgan fingerprint density at radius 1 is 1.20 bits per heavy atom. The molecule has 0 saturated carbocycles. The highest BCUT2D eigenvalue weighted by Gasteiger charge is 2.20. The third-order valence-electron chi connectivity index (χ3n) is 4.99. The van der Waals surface area contributed by atoms with E-state index in [9.17, 15) is 4.79 Å². The standard InChI is InChI=1S/C23H22N4O2S/c1-4-27-15(2)18(17-12-8-9-13-19(17)27)14-24-26-23-25-20(16-10-6-5-7-11-16)21(30-23)22(28)29-3/h5-14H,4H2,1-3H3,(H,25,26)/b24-14-. The summed E-state index contributed by atoms with van der Waals surface area (Å²) in [6.45, 7) is 5.12. The average Bonchev–Trinajstić information content (AvgIpc) is 3.33. The molecule has 1 N–H and O–H groups in total. The van der Waals surface area contributed by atoms with Crippen LogP contribution in [0, 0.1) is 6.92 Å². The third kappa shape index (κ3) is 3.59. The molecule has 2 aromatic heterocycles. The maximum absolute atomic E-state index is 12.2. The van der Waals surface area contributed by atoms with Gasteiger partial charge in [-0.1, -0.05) is 59.9 Å². The number of hydrogen-bond donors (Lipinski definition) is 1. The monoisotopic (exact) mass is 418 g/mol. The number of thiazole rings is 1. The molecule has 6 nitrogen and oxygen atoms in total. The summed E-state index contributed by atoms with van der Waals surface area (Å²) in [4.78, 5) is 17.2. The van der Waals surface area contributed by atoms with Gasteiger partial charge in [-0.3, -0.25) is 5.43 Å². The Kier molecular flexibility index (Phi) is 5.63. The number of ether oxygens (including phenoxy) is 1. The predicted molar refractivity (Wildman–Crippen MR) is 122 cm³/mol. The molecule has 0 aliphatic heterocycles. The van der Waals surface area contributed by atoms with Crippen LogP contribution in [-0.4, -0.2) is 28.8 Å². The van der Waals surface area contributed by atoms with Crippen LogP contribution >= 0.6 is 11.3 Å². The van der Waals surface area contributed by atoms with E-state index in [1.54, 1.807) is 0 Å². The summed E-state index contributed by atoms with van der Waals surface area (Å²) in [6, 6.07) is 17.9.